The lowest BCUT2D eigenvalue weighted by molar-refractivity contribution is 0.409. The number of rotatable bonds is 3. The van der Waals surface area contributed by atoms with Crippen LogP contribution in [0.1, 0.15) is 18.3 Å². The molecule has 1 aromatic carbocycles. The van der Waals surface area contributed by atoms with Crippen molar-refractivity contribution in [2.24, 2.45) is 0 Å². The van der Waals surface area contributed by atoms with Crippen LogP contribution in [-0.4, -0.2) is 24.2 Å². The maximum atomic E-state index is 5.31. The fraction of sp³-hybridized carbons (Fsp3) is 0.385. The van der Waals surface area contributed by atoms with Gasteiger partial charge in [0, 0.05) is 0 Å². The van der Waals surface area contributed by atoms with E-state index in [9.17, 15) is 0 Å². The second-order valence-corrected chi connectivity index (χ2v) is 3.78. The molecule has 0 aliphatic heterocycles. The number of hydrogen-bond acceptors (Lipinski definition) is 4. The first-order valence-electron chi connectivity index (χ1n) is 5.59. The van der Waals surface area contributed by atoms with Crippen LogP contribution in [0.3, 0.4) is 0 Å². The van der Waals surface area contributed by atoms with Crippen molar-refractivity contribution in [3.05, 3.63) is 23.5 Å². The lowest BCUT2D eigenvalue weighted by Gasteiger charge is -2.10. The van der Waals surface area contributed by atoms with E-state index in [4.69, 9.17) is 9.47 Å². The molecule has 0 unspecified atom stereocenters. The zero-order valence-electron chi connectivity index (χ0n) is 10.6. The number of benzene rings is 1. The topological polar surface area (TPSA) is 44.2 Å². The van der Waals surface area contributed by atoms with Gasteiger partial charge < -0.3 is 9.47 Å². The highest BCUT2D eigenvalue weighted by molar-refractivity contribution is 5.86. The monoisotopic (exact) mass is 232 g/mol. The average Bonchev–Trinajstić information content (AvgIpc) is 2.36. The van der Waals surface area contributed by atoms with Crippen molar-refractivity contribution in [2.75, 3.05) is 14.2 Å². The van der Waals surface area contributed by atoms with Crippen LogP contribution in [0, 0.1) is 6.92 Å². The summed E-state index contributed by atoms with van der Waals surface area (Å²) in [5.74, 6) is 1.45. The van der Waals surface area contributed by atoms with Crippen LogP contribution in [0.4, 0.5) is 0 Å². The third-order valence-corrected chi connectivity index (χ3v) is 2.80. The first-order valence-corrected chi connectivity index (χ1v) is 5.59. The summed E-state index contributed by atoms with van der Waals surface area (Å²) in [6.45, 7) is 4.03. The standard InChI is InChI=1S/C13H16N2O2/c1-5-9-8(2)14-12-10(16-3)6-7-11(17-4)13(12)15-9/h6-7H,5H2,1-4H3. The van der Waals surface area contributed by atoms with Gasteiger partial charge in [-0.15, -0.1) is 0 Å². The lowest BCUT2D eigenvalue weighted by Crippen LogP contribution is -2.00. The molecule has 0 spiro atoms. The molecule has 4 heteroatoms. The van der Waals surface area contributed by atoms with Crippen molar-refractivity contribution in [1.29, 1.82) is 0 Å². The molecule has 0 saturated carbocycles. The molecule has 1 aromatic heterocycles. The molecular formula is C13H16N2O2. The Morgan fingerprint density at radius 1 is 1.00 bits per heavy atom. The van der Waals surface area contributed by atoms with E-state index in [0.717, 1.165) is 40.3 Å². The predicted molar refractivity (Wildman–Crippen MR) is 66.8 cm³/mol. The number of methoxy groups -OCH3 is 2. The molecule has 0 aliphatic carbocycles. The van der Waals surface area contributed by atoms with E-state index >= 15 is 0 Å². The fourth-order valence-corrected chi connectivity index (χ4v) is 1.87. The van der Waals surface area contributed by atoms with Crippen molar-refractivity contribution < 1.29 is 9.47 Å². The third-order valence-electron chi connectivity index (χ3n) is 2.80. The number of fused-ring (bicyclic) bond motifs is 1. The van der Waals surface area contributed by atoms with Gasteiger partial charge >= 0.3 is 0 Å². The quantitative estimate of drug-likeness (QED) is 0.815. The first kappa shape index (κ1) is 11.6. The zero-order valence-corrected chi connectivity index (χ0v) is 10.6. The molecule has 0 fully saturated rings. The maximum absolute atomic E-state index is 5.31. The van der Waals surface area contributed by atoms with Crippen LogP contribution in [0.15, 0.2) is 12.1 Å². The molecule has 0 saturated heterocycles. The van der Waals surface area contributed by atoms with Crippen LogP contribution in [0.25, 0.3) is 11.0 Å². The van der Waals surface area contributed by atoms with Crippen LogP contribution >= 0.6 is 0 Å². The summed E-state index contributed by atoms with van der Waals surface area (Å²) in [4.78, 5) is 9.16. The van der Waals surface area contributed by atoms with E-state index in [0.29, 0.717) is 0 Å². The van der Waals surface area contributed by atoms with Gasteiger partial charge in [-0.05, 0) is 25.5 Å². The molecule has 4 nitrogen and oxygen atoms in total. The number of aryl methyl sites for hydroxylation is 2. The smallest absolute Gasteiger partial charge is 0.146 e. The minimum Gasteiger partial charge on any atom is -0.494 e. The zero-order chi connectivity index (χ0) is 12.4. The predicted octanol–water partition coefficient (Wildman–Crippen LogP) is 2.52. The van der Waals surface area contributed by atoms with Gasteiger partial charge in [0.2, 0.25) is 0 Å². The summed E-state index contributed by atoms with van der Waals surface area (Å²) in [7, 11) is 3.26. The molecule has 0 aliphatic rings. The molecule has 0 amide bonds. The summed E-state index contributed by atoms with van der Waals surface area (Å²) < 4.78 is 10.6. The SMILES string of the molecule is CCc1nc2c(OC)ccc(OC)c2nc1C. The minimum absolute atomic E-state index is 0.721. The summed E-state index contributed by atoms with van der Waals surface area (Å²) in [6.07, 6.45) is 0.856. The Morgan fingerprint density at radius 2 is 1.53 bits per heavy atom. The fourth-order valence-electron chi connectivity index (χ4n) is 1.87. The van der Waals surface area contributed by atoms with Crippen LogP contribution in [0.5, 0.6) is 11.5 Å². The molecule has 0 N–H and O–H groups in total. The van der Waals surface area contributed by atoms with Gasteiger partial charge in [-0.2, -0.15) is 0 Å². The maximum Gasteiger partial charge on any atom is 0.146 e. The van der Waals surface area contributed by atoms with E-state index in [-0.39, 0.29) is 0 Å². The second kappa shape index (κ2) is 4.57. The molecule has 90 valence electrons. The Hall–Kier alpha value is -1.84. The normalized spacial score (nSPS) is 10.6. The van der Waals surface area contributed by atoms with Crippen molar-refractivity contribution in [2.45, 2.75) is 20.3 Å². The van der Waals surface area contributed by atoms with Crippen molar-refractivity contribution in [1.82, 2.24) is 9.97 Å². The highest BCUT2D eigenvalue weighted by Crippen LogP contribution is 2.30. The van der Waals surface area contributed by atoms with Crippen LogP contribution < -0.4 is 9.47 Å². The average molecular weight is 232 g/mol. The highest BCUT2D eigenvalue weighted by Gasteiger charge is 2.12. The van der Waals surface area contributed by atoms with Crippen molar-refractivity contribution in [3.8, 4) is 11.5 Å². The number of aromatic nitrogens is 2. The van der Waals surface area contributed by atoms with Gasteiger partial charge in [0.25, 0.3) is 0 Å². The summed E-state index contributed by atoms with van der Waals surface area (Å²) >= 11 is 0. The number of ether oxygens (including phenoxy) is 2. The van der Waals surface area contributed by atoms with Gasteiger partial charge in [0.15, 0.2) is 0 Å². The van der Waals surface area contributed by atoms with E-state index in [1.54, 1.807) is 14.2 Å². The first-order chi connectivity index (χ1) is 8.21. The largest absolute Gasteiger partial charge is 0.494 e. The van der Waals surface area contributed by atoms with Gasteiger partial charge in [-0.25, -0.2) is 9.97 Å². The third kappa shape index (κ3) is 1.90. The molecule has 0 bridgehead atoms. The summed E-state index contributed by atoms with van der Waals surface area (Å²) in [5, 5.41) is 0. The Morgan fingerprint density at radius 3 is 2.00 bits per heavy atom. The van der Waals surface area contributed by atoms with E-state index in [1.807, 2.05) is 19.1 Å². The van der Waals surface area contributed by atoms with Gasteiger partial charge in [-0.1, -0.05) is 6.92 Å². The number of hydrogen-bond donors (Lipinski definition) is 0. The van der Waals surface area contributed by atoms with E-state index < -0.39 is 0 Å². The Balaban J connectivity index is 2.81. The molecule has 17 heavy (non-hydrogen) atoms. The van der Waals surface area contributed by atoms with Crippen LogP contribution in [0.2, 0.25) is 0 Å². The van der Waals surface area contributed by atoms with Crippen molar-refractivity contribution >= 4 is 11.0 Å². The number of nitrogens with zero attached hydrogens (tertiary/aromatic N) is 2. The lowest BCUT2D eigenvalue weighted by atomic mass is 10.2. The molecule has 0 atom stereocenters. The molecule has 2 rings (SSSR count). The Bertz CT molecular complexity index is 553. The van der Waals surface area contributed by atoms with Crippen LogP contribution in [-0.2, 0) is 6.42 Å². The highest BCUT2D eigenvalue weighted by atomic mass is 16.5. The molecule has 1 heterocycles. The van der Waals surface area contributed by atoms with Gasteiger partial charge in [0.05, 0.1) is 25.6 Å². The van der Waals surface area contributed by atoms with E-state index in [1.165, 1.54) is 0 Å². The molecule has 2 aromatic rings. The second-order valence-electron chi connectivity index (χ2n) is 3.78. The van der Waals surface area contributed by atoms with Gasteiger partial charge in [-0.3, -0.25) is 0 Å². The minimum atomic E-state index is 0.721. The summed E-state index contributed by atoms with van der Waals surface area (Å²) in [5.41, 5.74) is 3.44. The Kier molecular flexibility index (Phi) is 3.13. The molecular weight excluding hydrogens is 216 g/mol. The van der Waals surface area contributed by atoms with Crippen molar-refractivity contribution in [3.63, 3.8) is 0 Å². The summed E-state index contributed by atoms with van der Waals surface area (Å²) in [6, 6.07) is 3.70. The molecule has 0 radical (unpaired) electrons. The Labute approximate surface area is 101 Å². The van der Waals surface area contributed by atoms with E-state index in [2.05, 4.69) is 16.9 Å². The van der Waals surface area contributed by atoms with Gasteiger partial charge in [0.1, 0.15) is 22.5 Å².